The van der Waals surface area contributed by atoms with Gasteiger partial charge in [-0.25, -0.2) is 4.79 Å². The molecule has 0 bridgehead atoms. The normalized spacial score (nSPS) is 22.1. The Morgan fingerprint density at radius 2 is 2.11 bits per heavy atom. The van der Waals surface area contributed by atoms with Crippen molar-refractivity contribution in [2.45, 2.75) is 37.9 Å². The third-order valence-electron chi connectivity index (χ3n) is 3.64. The fraction of sp³-hybridized carbons (Fsp3) is 0.462. The summed E-state index contributed by atoms with van der Waals surface area (Å²) in [6.07, 6.45) is 0.218. The Morgan fingerprint density at radius 3 is 2.84 bits per heavy atom. The molecule has 2 heterocycles. The van der Waals surface area contributed by atoms with Gasteiger partial charge < -0.3 is 9.73 Å². The van der Waals surface area contributed by atoms with Crippen molar-refractivity contribution in [2.75, 3.05) is 0 Å². The Bertz CT molecular complexity index is 687. The largest absolute Gasteiger partial charge is 0.423 e. The topological polar surface area (TPSA) is 42.2 Å². The Kier molecular flexibility index (Phi) is 2.69. The molecule has 1 unspecified atom stereocenters. The highest BCUT2D eigenvalue weighted by atomic mass is 19.4. The zero-order valence-electron chi connectivity index (χ0n) is 10.0. The molecule has 19 heavy (non-hydrogen) atoms. The highest BCUT2D eigenvalue weighted by Crippen LogP contribution is 2.27. The SMILES string of the molecule is O=c1cc(C(F)(F)F)c2c(o1)=C1CCCCC1NC=2. The molecular formula is C13H12F3NO2. The van der Waals surface area contributed by atoms with E-state index < -0.39 is 17.4 Å². The molecule has 1 aromatic rings. The van der Waals surface area contributed by atoms with Gasteiger partial charge in [-0.1, -0.05) is 6.42 Å². The van der Waals surface area contributed by atoms with Crippen molar-refractivity contribution in [3.05, 3.63) is 32.7 Å². The Balaban J connectivity index is 2.37. The van der Waals surface area contributed by atoms with Crippen LogP contribution in [-0.4, -0.2) is 6.04 Å². The standard InChI is InChI=1S/C13H12F3NO2/c14-13(15,16)9-5-11(18)19-12-7-3-1-2-4-10(7)17-6-8(9)12/h5-6,10,17H,1-4H2. The zero-order valence-corrected chi connectivity index (χ0v) is 10.0. The summed E-state index contributed by atoms with van der Waals surface area (Å²) in [5.74, 6) is 0. The number of hydrogen-bond acceptors (Lipinski definition) is 3. The van der Waals surface area contributed by atoms with Gasteiger partial charge in [-0.2, -0.15) is 13.2 Å². The first-order chi connectivity index (χ1) is 8.97. The van der Waals surface area contributed by atoms with Crippen LogP contribution in [0.15, 0.2) is 15.3 Å². The number of fused-ring (bicyclic) bond motifs is 2. The summed E-state index contributed by atoms with van der Waals surface area (Å²) in [4.78, 5) is 11.4. The molecule has 0 radical (unpaired) electrons. The molecule has 1 saturated carbocycles. The van der Waals surface area contributed by atoms with E-state index in [-0.39, 0.29) is 16.7 Å². The predicted octanol–water partition coefficient (Wildman–Crippen LogP) is 1.09. The van der Waals surface area contributed by atoms with Crippen LogP contribution in [0, 0.1) is 0 Å². The second-order valence-corrected chi connectivity index (χ2v) is 4.85. The lowest BCUT2D eigenvalue weighted by Crippen LogP contribution is -2.48. The molecule has 2 aliphatic rings. The molecule has 3 rings (SSSR count). The van der Waals surface area contributed by atoms with Crippen LogP contribution < -0.4 is 21.6 Å². The summed E-state index contributed by atoms with van der Waals surface area (Å²) in [5, 5.41) is 2.93. The second-order valence-electron chi connectivity index (χ2n) is 4.85. The van der Waals surface area contributed by atoms with Gasteiger partial charge in [0.1, 0.15) is 5.42 Å². The summed E-state index contributed by atoms with van der Waals surface area (Å²) in [6, 6.07) is 0.508. The van der Waals surface area contributed by atoms with Gasteiger partial charge >= 0.3 is 11.8 Å². The van der Waals surface area contributed by atoms with Crippen molar-refractivity contribution in [2.24, 2.45) is 0 Å². The maximum Gasteiger partial charge on any atom is 0.417 e. The lowest BCUT2D eigenvalue weighted by atomic mass is 9.88. The van der Waals surface area contributed by atoms with Gasteiger partial charge in [-0.3, -0.25) is 0 Å². The average molecular weight is 271 g/mol. The van der Waals surface area contributed by atoms with Crippen molar-refractivity contribution in [1.29, 1.82) is 0 Å². The lowest BCUT2D eigenvalue weighted by Gasteiger charge is -2.27. The fourth-order valence-corrected chi connectivity index (χ4v) is 2.77. The summed E-state index contributed by atoms with van der Waals surface area (Å²) in [6.45, 7) is 0. The molecule has 102 valence electrons. The third-order valence-corrected chi connectivity index (χ3v) is 3.64. The van der Waals surface area contributed by atoms with Gasteiger partial charge in [0.15, 0.2) is 0 Å². The molecular weight excluding hydrogens is 259 g/mol. The van der Waals surface area contributed by atoms with E-state index >= 15 is 0 Å². The van der Waals surface area contributed by atoms with Gasteiger partial charge in [-0.05, 0) is 24.8 Å². The molecule has 1 N–H and O–H groups in total. The van der Waals surface area contributed by atoms with E-state index in [2.05, 4.69) is 5.32 Å². The molecule has 1 atom stereocenters. The van der Waals surface area contributed by atoms with E-state index in [1.807, 2.05) is 0 Å². The van der Waals surface area contributed by atoms with Crippen LogP contribution in [0.5, 0.6) is 0 Å². The molecule has 6 heteroatoms. The van der Waals surface area contributed by atoms with E-state index in [0.29, 0.717) is 12.5 Å². The maximum absolute atomic E-state index is 12.9. The van der Waals surface area contributed by atoms with Crippen molar-refractivity contribution in [1.82, 2.24) is 5.32 Å². The predicted molar refractivity (Wildman–Crippen MR) is 62.5 cm³/mol. The van der Waals surface area contributed by atoms with Crippen molar-refractivity contribution >= 4 is 11.8 Å². The number of halogens is 3. The van der Waals surface area contributed by atoms with Crippen LogP contribution in [-0.2, 0) is 6.18 Å². The summed E-state index contributed by atoms with van der Waals surface area (Å²) in [5.41, 5.74) is -0.976. The van der Waals surface area contributed by atoms with Crippen LogP contribution >= 0.6 is 0 Å². The minimum Gasteiger partial charge on any atom is -0.423 e. The van der Waals surface area contributed by atoms with Crippen molar-refractivity contribution in [3.8, 4) is 0 Å². The first-order valence-corrected chi connectivity index (χ1v) is 6.17. The van der Waals surface area contributed by atoms with Gasteiger partial charge in [0.2, 0.25) is 0 Å². The molecule has 1 aromatic heterocycles. The molecule has 1 aliphatic carbocycles. The van der Waals surface area contributed by atoms with Gasteiger partial charge in [0.05, 0.1) is 11.6 Å². The van der Waals surface area contributed by atoms with E-state index in [1.54, 1.807) is 0 Å². The number of nitrogens with one attached hydrogen (secondary N) is 1. The van der Waals surface area contributed by atoms with E-state index in [4.69, 9.17) is 4.42 Å². The second kappa shape index (κ2) is 4.15. The molecule has 3 nitrogen and oxygen atoms in total. The Labute approximate surface area is 106 Å². The minimum atomic E-state index is -4.56. The smallest absolute Gasteiger partial charge is 0.417 e. The molecule has 0 saturated heterocycles. The van der Waals surface area contributed by atoms with Crippen LogP contribution in [0.1, 0.15) is 31.2 Å². The number of hydrogen-bond donors (Lipinski definition) is 1. The van der Waals surface area contributed by atoms with Crippen LogP contribution in [0.4, 0.5) is 13.2 Å². The lowest BCUT2D eigenvalue weighted by molar-refractivity contribution is -0.138. The quantitative estimate of drug-likeness (QED) is 0.768. The zero-order chi connectivity index (χ0) is 13.6. The van der Waals surface area contributed by atoms with Crippen LogP contribution in [0.25, 0.3) is 11.8 Å². The highest BCUT2D eigenvalue weighted by molar-refractivity contribution is 5.55. The number of rotatable bonds is 0. The third kappa shape index (κ3) is 2.05. The number of alkyl halides is 3. The Hall–Kier alpha value is -1.72. The maximum atomic E-state index is 12.9. The molecule has 0 aromatic carbocycles. The van der Waals surface area contributed by atoms with Crippen LogP contribution in [0.3, 0.4) is 0 Å². The fourth-order valence-electron chi connectivity index (χ4n) is 2.77. The van der Waals surface area contributed by atoms with Crippen LogP contribution in [0.2, 0.25) is 0 Å². The van der Waals surface area contributed by atoms with E-state index in [1.165, 1.54) is 6.20 Å². The van der Waals surface area contributed by atoms with Crippen molar-refractivity contribution < 1.29 is 17.6 Å². The summed E-state index contributed by atoms with van der Waals surface area (Å²) < 4.78 is 43.9. The van der Waals surface area contributed by atoms with Gasteiger partial charge in [0.25, 0.3) is 0 Å². The first kappa shape index (κ1) is 12.3. The van der Waals surface area contributed by atoms with Gasteiger partial charge in [-0.15, -0.1) is 0 Å². The average Bonchev–Trinajstić information content (AvgIpc) is 2.36. The molecule has 1 fully saturated rings. The van der Waals surface area contributed by atoms with Gasteiger partial charge in [0, 0.05) is 17.5 Å². The minimum absolute atomic E-state index is 0.00659. The Morgan fingerprint density at radius 1 is 1.32 bits per heavy atom. The summed E-state index contributed by atoms with van der Waals surface area (Å²) >= 11 is 0. The first-order valence-electron chi connectivity index (χ1n) is 6.17. The summed E-state index contributed by atoms with van der Waals surface area (Å²) in [7, 11) is 0. The van der Waals surface area contributed by atoms with E-state index in [0.717, 1.165) is 24.8 Å². The molecule has 0 spiro atoms. The van der Waals surface area contributed by atoms with E-state index in [9.17, 15) is 18.0 Å². The van der Waals surface area contributed by atoms with Crippen molar-refractivity contribution in [3.63, 3.8) is 0 Å². The molecule has 1 aliphatic heterocycles. The monoisotopic (exact) mass is 271 g/mol. The highest BCUT2D eigenvalue weighted by Gasteiger charge is 2.35. The molecule has 0 amide bonds.